The van der Waals surface area contributed by atoms with E-state index in [0.717, 1.165) is 5.56 Å². The first kappa shape index (κ1) is 14.3. The van der Waals surface area contributed by atoms with Crippen molar-refractivity contribution in [2.75, 3.05) is 0 Å². The normalized spacial score (nSPS) is 11.3. The lowest BCUT2D eigenvalue weighted by Gasteiger charge is -2.06. The van der Waals surface area contributed by atoms with E-state index in [9.17, 15) is 9.90 Å². The SMILES string of the molecule is CC(C)c1ccc(-c2nn(C(C)C)cc2C(=O)O)cc1. The van der Waals surface area contributed by atoms with Crippen molar-refractivity contribution in [3.63, 3.8) is 0 Å². The Morgan fingerprint density at radius 3 is 2.20 bits per heavy atom. The number of hydrogen-bond donors (Lipinski definition) is 1. The van der Waals surface area contributed by atoms with Gasteiger partial charge >= 0.3 is 5.97 Å². The molecule has 0 spiro atoms. The van der Waals surface area contributed by atoms with Crippen molar-refractivity contribution in [1.29, 1.82) is 0 Å². The zero-order chi connectivity index (χ0) is 14.9. The Labute approximate surface area is 119 Å². The van der Waals surface area contributed by atoms with Gasteiger partial charge in [0.05, 0.1) is 0 Å². The number of aromatic carboxylic acids is 1. The second kappa shape index (κ2) is 5.49. The van der Waals surface area contributed by atoms with Crippen LogP contribution >= 0.6 is 0 Å². The van der Waals surface area contributed by atoms with Crippen LogP contribution in [0.1, 0.15) is 55.6 Å². The van der Waals surface area contributed by atoms with Crippen LogP contribution in [-0.4, -0.2) is 20.9 Å². The fraction of sp³-hybridized carbons (Fsp3) is 0.375. The summed E-state index contributed by atoms with van der Waals surface area (Å²) in [4.78, 5) is 11.4. The molecule has 0 unspecified atom stereocenters. The molecule has 0 amide bonds. The fourth-order valence-electron chi connectivity index (χ4n) is 2.05. The van der Waals surface area contributed by atoms with Crippen molar-refractivity contribution in [1.82, 2.24) is 9.78 Å². The van der Waals surface area contributed by atoms with Gasteiger partial charge in [-0.1, -0.05) is 38.1 Å². The molecule has 0 saturated carbocycles. The highest BCUT2D eigenvalue weighted by molar-refractivity contribution is 5.94. The van der Waals surface area contributed by atoms with Gasteiger partial charge in [-0.25, -0.2) is 4.79 Å². The summed E-state index contributed by atoms with van der Waals surface area (Å²) in [5.74, 6) is -0.490. The Kier molecular flexibility index (Phi) is 3.93. The predicted octanol–water partition coefficient (Wildman–Crippen LogP) is 3.95. The largest absolute Gasteiger partial charge is 0.478 e. The van der Waals surface area contributed by atoms with Crippen molar-refractivity contribution in [2.24, 2.45) is 0 Å². The Morgan fingerprint density at radius 2 is 1.75 bits per heavy atom. The van der Waals surface area contributed by atoms with Crippen LogP contribution in [0.15, 0.2) is 30.5 Å². The van der Waals surface area contributed by atoms with Gasteiger partial charge in [-0.2, -0.15) is 5.10 Å². The fourth-order valence-corrected chi connectivity index (χ4v) is 2.05. The van der Waals surface area contributed by atoms with E-state index in [2.05, 4.69) is 18.9 Å². The maximum absolute atomic E-state index is 11.4. The zero-order valence-electron chi connectivity index (χ0n) is 12.3. The molecule has 0 fully saturated rings. The standard InChI is InChI=1S/C16H20N2O2/c1-10(2)12-5-7-13(8-6-12)15-14(16(19)20)9-18(17-15)11(3)4/h5-11H,1-4H3,(H,19,20). The highest BCUT2D eigenvalue weighted by Gasteiger charge is 2.18. The second-order valence-corrected chi connectivity index (χ2v) is 5.55. The van der Waals surface area contributed by atoms with Gasteiger partial charge in [-0.3, -0.25) is 4.68 Å². The molecule has 1 aromatic carbocycles. The van der Waals surface area contributed by atoms with Gasteiger partial charge < -0.3 is 5.11 Å². The summed E-state index contributed by atoms with van der Waals surface area (Å²) in [6.45, 7) is 8.21. The van der Waals surface area contributed by atoms with Crippen molar-refractivity contribution >= 4 is 5.97 Å². The Balaban J connectivity index is 2.48. The third kappa shape index (κ3) is 2.74. The van der Waals surface area contributed by atoms with Crippen LogP contribution in [0.25, 0.3) is 11.3 Å². The number of carbonyl (C=O) groups is 1. The molecule has 0 saturated heterocycles. The first-order valence-electron chi connectivity index (χ1n) is 6.83. The van der Waals surface area contributed by atoms with E-state index in [4.69, 9.17) is 0 Å². The van der Waals surface area contributed by atoms with E-state index in [0.29, 0.717) is 11.6 Å². The molecule has 4 nitrogen and oxygen atoms in total. The topological polar surface area (TPSA) is 55.1 Å². The molecule has 0 bridgehead atoms. The predicted molar refractivity (Wildman–Crippen MR) is 79.1 cm³/mol. The molecule has 2 rings (SSSR count). The number of benzene rings is 1. The highest BCUT2D eigenvalue weighted by Crippen LogP contribution is 2.25. The summed E-state index contributed by atoms with van der Waals surface area (Å²) in [6.07, 6.45) is 1.60. The minimum Gasteiger partial charge on any atom is -0.478 e. The summed E-state index contributed by atoms with van der Waals surface area (Å²) in [6, 6.07) is 8.07. The van der Waals surface area contributed by atoms with Gasteiger partial charge in [0, 0.05) is 17.8 Å². The molecule has 0 atom stereocenters. The lowest BCUT2D eigenvalue weighted by Crippen LogP contribution is -2.00. The molecule has 1 N–H and O–H groups in total. The van der Waals surface area contributed by atoms with Crippen LogP contribution in [0.3, 0.4) is 0 Å². The van der Waals surface area contributed by atoms with Crippen LogP contribution < -0.4 is 0 Å². The molecule has 2 aromatic rings. The lowest BCUT2D eigenvalue weighted by molar-refractivity contribution is 0.0697. The van der Waals surface area contributed by atoms with E-state index < -0.39 is 5.97 Å². The smallest absolute Gasteiger partial charge is 0.339 e. The van der Waals surface area contributed by atoms with Crippen LogP contribution in [0.2, 0.25) is 0 Å². The van der Waals surface area contributed by atoms with E-state index in [1.165, 1.54) is 5.56 Å². The van der Waals surface area contributed by atoms with Crippen molar-refractivity contribution < 1.29 is 9.90 Å². The Hall–Kier alpha value is -2.10. The maximum Gasteiger partial charge on any atom is 0.339 e. The number of hydrogen-bond acceptors (Lipinski definition) is 2. The summed E-state index contributed by atoms with van der Waals surface area (Å²) in [5.41, 5.74) is 2.85. The van der Waals surface area contributed by atoms with Gasteiger partial charge in [0.1, 0.15) is 11.3 Å². The number of rotatable bonds is 4. The number of carboxylic acids is 1. The number of aromatic nitrogens is 2. The van der Waals surface area contributed by atoms with Gasteiger partial charge in [-0.05, 0) is 25.3 Å². The minimum absolute atomic E-state index is 0.136. The quantitative estimate of drug-likeness (QED) is 0.916. The van der Waals surface area contributed by atoms with Gasteiger partial charge in [0.2, 0.25) is 0 Å². The highest BCUT2D eigenvalue weighted by atomic mass is 16.4. The second-order valence-electron chi connectivity index (χ2n) is 5.55. The van der Waals surface area contributed by atoms with E-state index in [-0.39, 0.29) is 11.6 Å². The van der Waals surface area contributed by atoms with Crippen LogP contribution in [0.5, 0.6) is 0 Å². The molecular weight excluding hydrogens is 252 g/mol. The molecule has 20 heavy (non-hydrogen) atoms. The molecule has 0 radical (unpaired) electrons. The van der Waals surface area contributed by atoms with Crippen molar-refractivity contribution in [3.05, 3.63) is 41.6 Å². The third-order valence-corrected chi connectivity index (χ3v) is 3.34. The van der Waals surface area contributed by atoms with Gasteiger partial charge in [0.15, 0.2) is 0 Å². The van der Waals surface area contributed by atoms with Crippen LogP contribution in [-0.2, 0) is 0 Å². The summed E-state index contributed by atoms with van der Waals surface area (Å²) >= 11 is 0. The van der Waals surface area contributed by atoms with Crippen LogP contribution in [0.4, 0.5) is 0 Å². The molecule has 106 valence electrons. The van der Waals surface area contributed by atoms with Crippen molar-refractivity contribution in [2.45, 2.75) is 39.7 Å². The molecule has 0 aliphatic rings. The Bertz CT molecular complexity index is 610. The molecule has 1 heterocycles. The average Bonchev–Trinajstić information content (AvgIpc) is 2.84. The number of carboxylic acid groups (broad SMARTS) is 1. The summed E-state index contributed by atoms with van der Waals surface area (Å²) < 4.78 is 1.69. The molecule has 0 aliphatic heterocycles. The number of nitrogens with zero attached hydrogens (tertiary/aromatic N) is 2. The Morgan fingerprint density at radius 1 is 1.15 bits per heavy atom. The first-order chi connectivity index (χ1) is 9.40. The molecule has 0 aliphatic carbocycles. The van der Waals surface area contributed by atoms with E-state index >= 15 is 0 Å². The van der Waals surface area contributed by atoms with Crippen LogP contribution in [0, 0.1) is 0 Å². The average molecular weight is 272 g/mol. The first-order valence-corrected chi connectivity index (χ1v) is 6.83. The van der Waals surface area contributed by atoms with Crippen molar-refractivity contribution in [3.8, 4) is 11.3 Å². The monoisotopic (exact) mass is 272 g/mol. The molecule has 4 heteroatoms. The van der Waals surface area contributed by atoms with Gasteiger partial charge in [-0.15, -0.1) is 0 Å². The third-order valence-electron chi connectivity index (χ3n) is 3.34. The molecular formula is C16H20N2O2. The van der Waals surface area contributed by atoms with E-state index in [1.807, 2.05) is 38.1 Å². The summed E-state index contributed by atoms with van der Waals surface area (Å²) in [7, 11) is 0. The lowest BCUT2D eigenvalue weighted by atomic mass is 10.00. The minimum atomic E-state index is -0.945. The summed E-state index contributed by atoms with van der Waals surface area (Å²) in [5, 5.41) is 13.7. The molecule has 1 aromatic heterocycles. The van der Waals surface area contributed by atoms with Gasteiger partial charge in [0.25, 0.3) is 0 Å². The maximum atomic E-state index is 11.4. The zero-order valence-corrected chi connectivity index (χ0v) is 12.3. The van der Waals surface area contributed by atoms with E-state index in [1.54, 1.807) is 10.9 Å².